The first-order valence-electron chi connectivity index (χ1n) is 7.69. The zero-order valence-electron chi connectivity index (χ0n) is 13.3. The lowest BCUT2D eigenvalue weighted by Gasteiger charge is -2.19. The first-order chi connectivity index (χ1) is 11.9. The highest BCUT2D eigenvalue weighted by Gasteiger charge is 2.22. The molecule has 25 heavy (non-hydrogen) atoms. The van der Waals surface area contributed by atoms with Crippen molar-refractivity contribution in [2.75, 3.05) is 13.1 Å². The van der Waals surface area contributed by atoms with Crippen LogP contribution in [0.1, 0.15) is 36.0 Å². The number of nitrogens with zero attached hydrogens (tertiary/aromatic N) is 2. The number of halogens is 1. The summed E-state index contributed by atoms with van der Waals surface area (Å²) >= 11 is 5.75. The summed E-state index contributed by atoms with van der Waals surface area (Å²) in [6.07, 6.45) is 2.94. The molecule has 10 heteroatoms. The van der Waals surface area contributed by atoms with Crippen molar-refractivity contribution in [3.63, 3.8) is 0 Å². The molecular weight excluding hydrogens is 352 g/mol. The number of hydrogen-bond donors (Lipinski definition) is 2. The topological polar surface area (TPSA) is 122 Å². The molecule has 0 saturated carbocycles. The van der Waals surface area contributed by atoms with E-state index in [1.807, 2.05) is 0 Å². The lowest BCUT2D eigenvalue weighted by atomic mass is 10.2. The number of hydrogen-bond acceptors (Lipinski definition) is 5. The monoisotopic (exact) mass is 368 g/mol. The lowest BCUT2D eigenvalue weighted by molar-refractivity contribution is -0.385. The number of nitro benzene ring substituents is 1. The van der Waals surface area contributed by atoms with E-state index in [1.54, 1.807) is 0 Å². The van der Waals surface area contributed by atoms with Crippen molar-refractivity contribution in [2.45, 2.75) is 25.7 Å². The highest BCUT2D eigenvalue weighted by molar-refractivity contribution is 6.31. The molecule has 1 aliphatic heterocycles. The maximum atomic E-state index is 12.1. The second kappa shape index (κ2) is 8.43. The van der Waals surface area contributed by atoms with Crippen LogP contribution >= 0.6 is 11.6 Å². The fourth-order valence-corrected chi connectivity index (χ4v) is 2.63. The average molecular weight is 369 g/mol. The number of hydrazine groups is 1. The van der Waals surface area contributed by atoms with Gasteiger partial charge in [-0.15, -0.1) is 0 Å². The number of carbonyl (C=O) groups is 3. The zero-order valence-corrected chi connectivity index (χ0v) is 14.0. The third-order valence-electron chi connectivity index (χ3n) is 3.72. The summed E-state index contributed by atoms with van der Waals surface area (Å²) in [4.78, 5) is 47.5. The zero-order chi connectivity index (χ0) is 18.4. The van der Waals surface area contributed by atoms with E-state index < -0.39 is 22.4 Å². The normalized spacial score (nSPS) is 14.6. The summed E-state index contributed by atoms with van der Waals surface area (Å²) in [7, 11) is 0. The number of benzene rings is 1. The Balaban J connectivity index is 1.95. The minimum absolute atomic E-state index is 0.107. The van der Waals surface area contributed by atoms with E-state index in [-0.39, 0.29) is 23.0 Å². The van der Waals surface area contributed by atoms with Gasteiger partial charge in [-0.3, -0.25) is 35.3 Å². The molecule has 9 nitrogen and oxygen atoms in total. The molecule has 0 bridgehead atoms. The Hall–Kier alpha value is -2.68. The molecule has 0 aromatic heterocycles. The molecule has 1 saturated heterocycles. The van der Waals surface area contributed by atoms with E-state index in [4.69, 9.17) is 11.6 Å². The maximum Gasteiger partial charge on any atom is 0.282 e. The standard InChI is InChI=1S/C15H17ClN4O5/c16-10-5-6-12(20(24)25)11(8-10)15(23)18-17-13(21)9-19-7-3-1-2-4-14(19)22/h5-6,8H,1-4,7,9H2,(H,17,21)(H,18,23). The molecule has 1 heterocycles. The van der Waals surface area contributed by atoms with Crippen molar-refractivity contribution in [3.8, 4) is 0 Å². The molecule has 0 atom stereocenters. The smallest absolute Gasteiger partial charge is 0.282 e. The van der Waals surface area contributed by atoms with E-state index in [0.29, 0.717) is 13.0 Å². The third kappa shape index (κ3) is 5.15. The molecule has 1 aromatic carbocycles. The van der Waals surface area contributed by atoms with Gasteiger partial charge in [-0.05, 0) is 25.0 Å². The van der Waals surface area contributed by atoms with Gasteiger partial charge in [0.25, 0.3) is 17.5 Å². The molecule has 0 unspecified atom stereocenters. The van der Waals surface area contributed by atoms with Crippen molar-refractivity contribution in [1.29, 1.82) is 0 Å². The Bertz CT molecular complexity index is 709. The van der Waals surface area contributed by atoms with Crippen molar-refractivity contribution in [1.82, 2.24) is 15.8 Å². The van der Waals surface area contributed by atoms with Gasteiger partial charge < -0.3 is 4.90 Å². The van der Waals surface area contributed by atoms with Gasteiger partial charge >= 0.3 is 0 Å². The number of likely N-dealkylation sites (tertiary alicyclic amines) is 1. The lowest BCUT2D eigenvalue weighted by Crippen LogP contribution is -2.47. The maximum absolute atomic E-state index is 12.1. The second-order valence-corrected chi connectivity index (χ2v) is 5.98. The van der Waals surface area contributed by atoms with Gasteiger partial charge in [0.05, 0.1) is 4.92 Å². The van der Waals surface area contributed by atoms with Crippen LogP contribution < -0.4 is 10.9 Å². The van der Waals surface area contributed by atoms with Crippen LogP contribution in [-0.4, -0.2) is 40.6 Å². The van der Waals surface area contributed by atoms with E-state index in [0.717, 1.165) is 31.4 Å². The van der Waals surface area contributed by atoms with E-state index in [9.17, 15) is 24.5 Å². The minimum atomic E-state index is -0.871. The largest absolute Gasteiger partial charge is 0.333 e. The van der Waals surface area contributed by atoms with Crippen molar-refractivity contribution in [3.05, 3.63) is 38.9 Å². The van der Waals surface area contributed by atoms with E-state index in [1.165, 1.54) is 11.0 Å². The first-order valence-corrected chi connectivity index (χ1v) is 8.07. The number of rotatable bonds is 4. The first kappa shape index (κ1) is 18.7. The summed E-state index contributed by atoms with van der Waals surface area (Å²) < 4.78 is 0. The van der Waals surface area contributed by atoms with Crippen LogP contribution in [0.5, 0.6) is 0 Å². The molecule has 0 radical (unpaired) electrons. The summed E-state index contributed by atoms with van der Waals surface area (Å²) in [5, 5.41) is 11.1. The molecule has 1 aliphatic rings. The average Bonchev–Trinajstić information content (AvgIpc) is 2.77. The molecular formula is C15H17ClN4O5. The number of amides is 3. The Kier molecular flexibility index (Phi) is 6.29. The summed E-state index contributed by atoms with van der Waals surface area (Å²) in [5.41, 5.74) is 3.55. The summed E-state index contributed by atoms with van der Waals surface area (Å²) in [6.45, 7) is 0.302. The van der Waals surface area contributed by atoms with Crippen molar-refractivity contribution in [2.24, 2.45) is 0 Å². The Morgan fingerprint density at radius 2 is 2.00 bits per heavy atom. The van der Waals surface area contributed by atoms with Crippen LogP contribution in [0, 0.1) is 10.1 Å². The second-order valence-electron chi connectivity index (χ2n) is 5.55. The fraction of sp³-hybridized carbons (Fsp3) is 0.400. The predicted octanol–water partition coefficient (Wildman–Crippen LogP) is 1.41. The third-order valence-corrected chi connectivity index (χ3v) is 3.96. The Morgan fingerprint density at radius 3 is 2.72 bits per heavy atom. The number of nitrogens with one attached hydrogen (secondary N) is 2. The summed E-state index contributed by atoms with van der Waals surface area (Å²) in [5.74, 6) is -1.57. The molecule has 0 spiro atoms. The minimum Gasteiger partial charge on any atom is -0.333 e. The fourth-order valence-electron chi connectivity index (χ4n) is 2.46. The van der Waals surface area contributed by atoms with E-state index in [2.05, 4.69) is 10.9 Å². The van der Waals surface area contributed by atoms with Crippen LogP contribution in [0.25, 0.3) is 0 Å². The highest BCUT2D eigenvalue weighted by atomic mass is 35.5. The van der Waals surface area contributed by atoms with Crippen molar-refractivity contribution < 1.29 is 19.3 Å². The molecule has 1 fully saturated rings. The molecule has 134 valence electrons. The van der Waals surface area contributed by atoms with Gasteiger partial charge in [0.1, 0.15) is 12.1 Å². The van der Waals surface area contributed by atoms with Gasteiger partial charge in [-0.2, -0.15) is 0 Å². The van der Waals surface area contributed by atoms with Crippen LogP contribution in [0.4, 0.5) is 5.69 Å². The van der Waals surface area contributed by atoms with Crippen molar-refractivity contribution >= 4 is 35.0 Å². The van der Waals surface area contributed by atoms with Gasteiger partial charge in [-0.1, -0.05) is 18.0 Å². The molecule has 2 N–H and O–H groups in total. The summed E-state index contributed by atoms with van der Waals surface area (Å²) in [6, 6.07) is 3.54. The number of nitro groups is 1. The van der Waals surface area contributed by atoms with E-state index >= 15 is 0 Å². The molecule has 0 aliphatic carbocycles. The molecule has 3 amide bonds. The molecule has 2 rings (SSSR count). The van der Waals surface area contributed by atoms with Crippen LogP contribution in [0.2, 0.25) is 5.02 Å². The quantitative estimate of drug-likeness (QED) is 0.614. The van der Waals surface area contributed by atoms with Gasteiger partial charge in [0, 0.05) is 24.1 Å². The Labute approximate surface area is 148 Å². The number of carbonyl (C=O) groups excluding carboxylic acids is 3. The SMILES string of the molecule is O=C(CN1CCCCCC1=O)NNC(=O)c1cc(Cl)ccc1[N+](=O)[O-]. The van der Waals surface area contributed by atoms with Crippen LogP contribution in [0.3, 0.4) is 0 Å². The van der Waals surface area contributed by atoms with Gasteiger partial charge in [0.2, 0.25) is 5.91 Å². The predicted molar refractivity (Wildman–Crippen MR) is 88.8 cm³/mol. The van der Waals surface area contributed by atoms with Crippen LogP contribution in [-0.2, 0) is 9.59 Å². The van der Waals surface area contributed by atoms with Gasteiger partial charge in [-0.25, -0.2) is 0 Å². The molecule has 1 aromatic rings. The van der Waals surface area contributed by atoms with Gasteiger partial charge in [0.15, 0.2) is 0 Å². The Morgan fingerprint density at radius 1 is 1.24 bits per heavy atom. The highest BCUT2D eigenvalue weighted by Crippen LogP contribution is 2.22. The van der Waals surface area contributed by atoms with Crippen LogP contribution in [0.15, 0.2) is 18.2 Å².